The molecule has 0 saturated heterocycles. The van der Waals surface area contributed by atoms with Crippen LogP contribution in [0.4, 0.5) is 0 Å². The van der Waals surface area contributed by atoms with Gasteiger partial charge < -0.3 is 5.32 Å². The highest BCUT2D eigenvalue weighted by molar-refractivity contribution is 9.10. The molecule has 13 heavy (non-hydrogen) atoms. The second-order valence-electron chi connectivity index (χ2n) is 3.31. The Labute approximate surface area is 92.6 Å². The molecule has 0 spiro atoms. The van der Waals surface area contributed by atoms with E-state index in [1.165, 1.54) is 5.56 Å². The molecule has 72 valence electrons. The Morgan fingerprint density at radius 1 is 1.38 bits per heavy atom. The highest BCUT2D eigenvalue weighted by Gasteiger charge is 1.98. The summed E-state index contributed by atoms with van der Waals surface area (Å²) < 4.78 is 1.03. The molecule has 0 atom stereocenters. The minimum absolute atomic E-state index is 0.498. The third-order valence-electron chi connectivity index (χ3n) is 1.64. The van der Waals surface area contributed by atoms with Crippen molar-refractivity contribution in [2.24, 2.45) is 0 Å². The summed E-state index contributed by atoms with van der Waals surface area (Å²) in [4.78, 5) is 0. The van der Waals surface area contributed by atoms with Crippen LogP contribution in [0.25, 0.3) is 0 Å². The maximum absolute atomic E-state index is 5.91. The fraction of sp³-hybridized carbons (Fsp3) is 0.400. The van der Waals surface area contributed by atoms with Crippen molar-refractivity contribution in [1.82, 2.24) is 5.32 Å². The van der Waals surface area contributed by atoms with Crippen LogP contribution >= 0.6 is 27.5 Å². The van der Waals surface area contributed by atoms with Crippen molar-refractivity contribution in [3.8, 4) is 0 Å². The van der Waals surface area contributed by atoms with Gasteiger partial charge >= 0.3 is 0 Å². The molecule has 0 aliphatic carbocycles. The molecular weight excluding hydrogens is 249 g/mol. The van der Waals surface area contributed by atoms with Crippen molar-refractivity contribution in [2.45, 2.75) is 26.4 Å². The molecule has 0 radical (unpaired) electrons. The number of benzene rings is 1. The van der Waals surface area contributed by atoms with Gasteiger partial charge in [-0.25, -0.2) is 0 Å². The summed E-state index contributed by atoms with van der Waals surface area (Å²) >= 11 is 9.32. The van der Waals surface area contributed by atoms with Gasteiger partial charge in [-0.3, -0.25) is 0 Å². The van der Waals surface area contributed by atoms with E-state index in [-0.39, 0.29) is 0 Å². The first-order chi connectivity index (χ1) is 6.08. The lowest BCUT2D eigenvalue weighted by Gasteiger charge is -2.08. The number of hydrogen-bond acceptors (Lipinski definition) is 1. The van der Waals surface area contributed by atoms with Crippen LogP contribution in [-0.2, 0) is 6.54 Å². The normalized spacial score (nSPS) is 10.8. The molecule has 1 rings (SSSR count). The zero-order valence-electron chi connectivity index (χ0n) is 7.77. The minimum Gasteiger partial charge on any atom is -0.310 e. The van der Waals surface area contributed by atoms with E-state index in [1.54, 1.807) is 0 Å². The maximum atomic E-state index is 5.91. The number of hydrogen-bond donors (Lipinski definition) is 1. The first-order valence-corrected chi connectivity index (χ1v) is 5.43. The first kappa shape index (κ1) is 11.0. The van der Waals surface area contributed by atoms with Crippen LogP contribution in [0.1, 0.15) is 19.4 Å². The van der Waals surface area contributed by atoms with Crippen LogP contribution in [-0.4, -0.2) is 6.04 Å². The Morgan fingerprint density at radius 2 is 2.08 bits per heavy atom. The number of rotatable bonds is 3. The van der Waals surface area contributed by atoms with Gasteiger partial charge in [0, 0.05) is 22.1 Å². The van der Waals surface area contributed by atoms with E-state index in [1.807, 2.05) is 12.1 Å². The van der Waals surface area contributed by atoms with Gasteiger partial charge in [0.1, 0.15) is 0 Å². The van der Waals surface area contributed by atoms with Crippen LogP contribution in [0.2, 0.25) is 5.02 Å². The average Bonchev–Trinajstić information content (AvgIpc) is 1.99. The molecule has 0 aliphatic rings. The Kier molecular flexibility index (Phi) is 4.23. The molecule has 1 aromatic carbocycles. The van der Waals surface area contributed by atoms with Crippen LogP contribution in [0, 0.1) is 0 Å². The third kappa shape index (κ3) is 4.12. The van der Waals surface area contributed by atoms with Crippen LogP contribution in [0.5, 0.6) is 0 Å². The van der Waals surface area contributed by atoms with E-state index in [4.69, 9.17) is 11.6 Å². The molecule has 0 saturated carbocycles. The van der Waals surface area contributed by atoms with E-state index in [9.17, 15) is 0 Å². The molecule has 0 aromatic heterocycles. The van der Waals surface area contributed by atoms with E-state index in [0.29, 0.717) is 6.04 Å². The van der Waals surface area contributed by atoms with Gasteiger partial charge in [0.05, 0.1) is 0 Å². The predicted octanol–water partition coefficient (Wildman–Crippen LogP) is 3.60. The second-order valence-corrected chi connectivity index (χ2v) is 4.67. The zero-order valence-corrected chi connectivity index (χ0v) is 10.1. The summed E-state index contributed by atoms with van der Waals surface area (Å²) in [5.41, 5.74) is 1.20. The van der Waals surface area contributed by atoms with E-state index in [2.05, 4.69) is 41.2 Å². The van der Waals surface area contributed by atoms with Crippen molar-refractivity contribution in [3.63, 3.8) is 0 Å². The molecule has 0 unspecified atom stereocenters. The lowest BCUT2D eigenvalue weighted by molar-refractivity contribution is 0.589. The van der Waals surface area contributed by atoms with Gasteiger partial charge in [0.2, 0.25) is 0 Å². The van der Waals surface area contributed by atoms with Gasteiger partial charge in [0.25, 0.3) is 0 Å². The quantitative estimate of drug-likeness (QED) is 0.878. The highest BCUT2D eigenvalue weighted by Crippen LogP contribution is 2.19. The topological polar surface area (TPSA) is 12.0 Å². The summed E-state index contributed by atoms with van der Waals surface area (Å²) in [5.74, 6) is 0. The molecule has 0 aliphatic heterocycles. The summed E-state index contributed by atoms with van der Waals surface area (Å²) in [6, 6.07) is 6.43. The molecular formula is C10H13BrClN. The van der Waals surface area contributed by atoms with E-state index >= 15 is 0 Å². The molecule has 0 fully saturated rings. The second kappa shape index (κ2) is 4.99. The van der Waals surface area contributed by atoms with Crippen LogP contribution in [0.3, 0.4) is 0 Å². The molecule has 0 bridgehead atoms. The van der Waals surface area contributed by atoms with Gasteiger partial charge in [-0.1, -0.05) is 41.4 Å². The maximum Gasteiger partial charge on any atom is 0.0420 e. The monoisotopic (exact) mass is 261 g/mol. The van der Waals surface area contributed by atoms with E-state index < -0.39 is 0 Å². The van der Waals surface area contributed by atoms with Gasteiger partial charge in [-0.15, -0.1) is 0 Å². The van der Waals surface area contributed by atoms with E-state index in [0.717, 1.165) is 16.0 Å². The summed E-state index contributed by atoms with van der Waals surface area (Å²) in [6.07, 6.45) is 0. The summed E-state index contributed by atoms with van der Waals surface area (Å²) in [5, 5.41) is 4.11. The third-order valence-corrected chi connectivity index (χ3v) is 2.31. The number of halogens is 2. The molecule has 1 N–H and O–H groups in total. The van der Waals surface area contributed by atoms with Gasteiger partial charge in [0.15, 0.2) is 0 Å². The SMILES string of the molecule is CC(C)NCc1cc(Cl)cc(Br)c1. The Morgan fingerprint density at radius 3 is 2.62 bits per heavy atom. The number of nitrogens with one attached hydrogen (secondary N) is 1. The first-order valence-electron chi connectivity index (χ1n) is 4.26. The fourth-order valence-electron chi connectivity index (χ4n) is 1.03. The van der Waals surface area contributed by atoms with Crippen molar-refractivity contribution in [1.29, 1.82) is 0 Å². The van der Waals surface area contributed by atoms with Crippen LogP contribution in [0.15, 0.2) is 22.7 Å². The molecule has 3 heteroatoms. The molecule has 1 nitrogen and oxygen atoms in total. The highest BCUT2D eigenvalue weighted by atomic mass is 79.9. The lowest BCUT2D eigenvalue weighted by atomic mass is 10.2. The Bertz CT molecular complexity index is 266. The van der Waals surface area contributed by atoms with Crippen molar-refractivity contribution < 1.29 is 0 Å². The van der Waals surface area contributed by atoms with Crippen molar-refractivity contribution >= 4 is 27.5 Å². The smallest absolute Gasteiger partial charge is 0.0420 e. The largest absolute Gasteiger partial charge is 0.310 e. The Balaban J connectivity index is 2.66. The minimum atomic E-state index is 0.498. The lowest BCUT2D eigenvalue weighted by Crippen LogP contribution is -2.21. The molecule has 0 amide bonds. The summed E-state index contributed by atoms with van der Waals surface area (Å²) in [6.45, 7) is 5.11. The summed E-state index contributed by atoms with van der Waals surface area (Å²) in [7, 11) is 0. The molecule has 0 heterocycles. The Hall–Kier alpha value is -0.0500. The van der Waals surface area contributed by atoms with Gasteiger partial charge in [-0.2, -0.15) is 0 Å². The van der Waals surface area contributed by atoms with Crippen LogP contribution < -0.4 is 5.32 Å². The van der Waals surface area contributed by atoms with Gasteiger partial charge in [-0.05, 0) is 23.8 Å². The van der Waals surface area contributed by atoms with Crippen molar-refractivity contribution in [2.75, 3.05) is 0 Å². The van der Waals surface area contributed by atoms with Crippen molar-refractivity contribution in [3.05, 3.63) is 33.3 Å². The predicted molar refractivity (Wildman–Crippen MR) is 61.1 cm³/mol. The fourth-order valence-corrected chi connectivity index (χ4v) is 1.97. The average molecular weight is 263 g/mol. The zero-order chi connectivity index (χ0) is 9.84. The standard InChI is InChI=1S/C10H13BrClN/c1-7(2)13-6-8-3-9(11)5-10(12)4-8/h3-5,7,13H,6H2,1-2H3. The molecule has 1 aromatic rings.